The Morgan fingerprint density at radius 1 is 0.480 bits per heavy atom. The minimum atomic E-state index is 0.845. The second-order valence-electron chi connectivity index (χ2n) is 7.46. The molecule has 0 heterocycles. The standard InChI is InChI=1S/C22H48NO2/c1-5-9-11-13-17-23(18-14-12-10-6-2,19-15-21-24-7-3)20-16-22-25-8-4/h5-22H2,1-4H3/q+1. The van der Waals surface area contributed by atoms with Crippen LogP contribution in [0.25, 0.3) is 0 Å². The highest BCUT2D eigenvalue weighted by atomic mass is 16.5. The predicted molar refractivity (Wildman–Crippen MR) is 110 cm³/mol. The molecule has 0 amide bonds. The highest BCUT2D eigenvalue weighted by Crippen LogP contribution is 2.17. The number of quaternary nitrogens is 1. The number of hydrogen-bond donors (Lipinski definition) is 0. The minimum Gasteiger partial charge on any atom is -0.382 e. The number of ether oxygens (including phenoxy) is 2. The Bertz CT molecular complexity index is 205. The van der Waals surface area contributed by atoms with Crippen molar-refractivity contribution >= 4 is 0 Å². The lowest BCUT2D eigenvalue weighted by Gasteiger charge is -2.39. The van der Waals surface area contributed by atoms with E-state index in [1.807, 2.05) is 0 Å². The molecule has 0 atom stereocenters. The molecule has 0 spiro atoms. The Balaban J connectivity index is 4.62. The molecule has 0 aromatic rings. The summed E-state index contributed by atoms with van der Waals surface area (Å²) < 4.78 is 12.5. The molecular formula is C22H48NO2+. The fourth-order valence-electron chi connectivity index (χ4n) is 3.71. The van der Waals surface area contributed by atoms with Crippen molar-refractivity contribution in [2.24, 2.45) is 0 Å². The summed E-state index contributed by atoms with van der Waals surface area (Å²) in [5.74, 6) is 0. The van der Waals surface area contributed by atoms with Gasteiger partial charge in [0.1, 0.15) is 0 Å². The molecule has 0 saturated heterocycles. The van der Waals surface area contributed by atoms with Gasteiger partial charge in [-0.3, -0.25) is 0 Å². The molecule has 0 saturated carbocycles. The molecule has 0 aliphatic carbocycles. The van der Waals surface area contributed by atoms with E-state index in [0.29, 0.717) is 0 Å². The minimum absolute atomic E-state index is 0.845. The van der Waals surface area contributed by atoms with Crippen LogP contribution < -0.4 is 0 Å². The van der Waals surface area contributed by atoms with Crippen LogP contribution in [0.1, 0.15) is 91.9 Å². The molecule has 3 nitrogen and oxygen atoms in total. The van der Waals surface area contributed by atoms with Gasteiger partial charge in [0.25, 0.3) is 0 Å². The maximum absolute atomic E-state index is 5.62. The first-order chi connectivity index (χ1) is 12.2. The summed E-state index contributed by atoms with van der Waals surface area (Å²) in [5.41, 5.74) is 0. The van der Waals surface area contributed by atoms with Crippen LogP contribution >= 0.6 is 0 Å². The van der Waals surface area contributed by atoms with Crippen LogP contribution in [-0.2, 0) is 9.47 Å². The first kappa shape index (κ1) is 24.9. The van der Waals surface area contributed by atoms with Gasteiger partial charge in [-0.05, 0) is 39.5 Å². The Kier molecular flexibility index (Phi) is 18.6. The van der Waals surface area contributed by atoms with Crippen molar-refractivity contribution in [3.05, 3.63) is 0 Å². The van der Waals surface area contributed by atoms with E-state index in [0.717, 1.165) is 26.4 Å². The Morgan fingerprint density at radius 2 is 0.880 bits per heavy atom. The molecule has 25 heavy (non-hydrogen) atoms. The largest absolute Gasteiger partial charge is 0.382 e. The van der Waals surface area contributed by atoms with Gasteiger partial charge in [-0.15, -0.1) is 0 Å². The zero-order chi connectivity index (χ0) is 18.6. The maximum Gasteiger partial charge on any atom is 0.0808 e. The Hall–Kier alpha value is -0.120. The van der Waals surface area contributed by atoms with Crippen LogP contribution in [0.4, 0.5) is 0 Å². The van der Waals surface area contributed by atoms with Crippen LogP contribution in [-0.4, -0.2) is 57.1 Å². The molecule has 0 aliphatic heterocycles. The van der Waals surface area contributed by atoms with Gasteiger partial charge in [0.05, 0.1) is 39.4 Å². The van der Waals surface area contributed by atoms with E-state index < -0.39 is 0 Å². The van der Waals surface area contributed by atoms with E-state index in [2.05, 4.69) is 27.7 Å². The van der Waals surface area contributed by atoms with Crippen molar-refractivity contribution in [3.8, 4) is 0 Å². The first-order valence-electron chi connectivity index (χ1n) is 11.2. The summed E-state index contributed by atoms with van der Waals surface area (Å²) in [6.07, 6.45) is 13.4. The third-order valence-electron chi connectivity index (χ3n) is 5.22. The van der Waals surface area contributed by atoms with Crippen LogP contribution in [0.15, 0.2) is 0 Å². The summed E-state index contributed by atoms with van der Waals surface area (Å²) in [6.45, 7) is 17.6. The SMILES string of the molecule is CCCCCC[N+](CCCCCC)(CCCOCC)CCCOCC. The molecule has 0 unspecified atom stereocenters. The monoisotopic (exact) mass is 358 g/mol. The van der Waals surface area contributed by atoms with Gasteiger partial charge in [-0.25, -0.2) is 0 Å². The van der Waals surface area contributed by atoms with E-state index in [1.54, 1.807) is 0 Å². The highest BCUT2D eigenvalue weighted by Gasteiger charge is 2.25. The second kappa shape index (κ2) is 18.7. The van der Waals surface area contributed by atoms with Gasteiger partial charge in [-0.1, -0.05) is 39.5 Å². The molecule has 0 rings (SSSR count). The maximum atomic E-state index is 5.62. The molecule has 0 aliphatic rings. The van der Waals surface area contributed by atoms with Gasteiger partial charge in [0.15, 0.2) is 0 Å². The van der Waals surface area contributed by atoms with E-state index in [4.69, 9.17) is 9.47 Å². The molecular weight excluding hydrogens is 310 g/mol. The van der Waals surface area contributed by atoms with Crippen LogP contribution in [0.5, 0.6) is 0 Å². The molecule has 0 aromatic heterocycles. The molecule has 0 radical (unpaired) electrons. The average Bonchev–Trinajstić information content (AvgIpc) is 2.63. The summed E-state index contributed by atoms with van der Waals surface area (Å²) in [7, 11) is 0. The lowest BCUT2D eigenvalue weighted by molar-refractivity contribution is -0.929. The predicted octanol–water partition coefficient (Wildman–Crippen LogP) is 5.82. The number of rotatable bonds is 20. The van der Waals surface area contributed by atoms with Crippen LogP contribution in [0.3, 0.4) is 0 Å². The molecule has 0 N–H and O–H groups in total. The van der Waals surface area contributed by atoms with Gasteiger partial charge in [0, 0.05) is 26.1 Å². The number of hydrogen-bond acceptors (Lipinski definition) is 2. The van der Waals surface area contributed by atoms with Crippen LogP contribution in [0.2, 0.25) is 0 Å². The third kappa shape index (κ3) is 14.7. The summed E-state index contributed by atoms with van der Waals surface area (Å²) in [4.78, 5) is 0. The van der Waals surface area contributed by atoms with Crippen molar-refractivity contribution in [3.63, 3.8) is 0 Å². The number of nitrogens with zero attached hydrogens (tertiary/aromatic N) is 1. The van der Waals surface area contributed by atoms with Gasteiger partial charge >= 0.3 is 0 Å². The first-order valence-corrected chi connectivity index (χ1v) is 11.2. The van der Waals surface area contributed by atoms with E-state index >= 15 is 0 Å². The lowest BCUT2D eigenvalue weighted by Crippen LogP contribution is -2.51. The fourth-order valence-corrected chi connectivity index (χ4v) is 3.71. The average molecular weight is 359 g/mol. The topological polar surface area (TPSA) is 18.5 Å². The van der Waals surface area contributed by atoms with E-state index in [1.165, 1.54) is 94.9 Å². The molecule has 152 valence electrons. The van der Waals surface area contributed by atoms with E-state index in [-0.39, 0.29) is 0 Å². The highest BCUT2D eigenvalue weighted by molar-refractivity contribution is 4.52. The molecule has 0 aromatic carbocycles. The quantitative estimate of drug-likeness (QED) is 0.202. The van der Waals surface area contributed by atoms with Gasteiger partial charge < -0.3 is 14.0 Å². The Morgan fingerprint density at radius 3 is 1.24 bits per heavy atom. The van der Waals surface area contributed by atoms with Crippen molar-refractivity contribution in [1.29, 1.82) is 0 Å². The summed E-state index contributed by atoms with van der Waals surface area (Å²) >= 11 is 0. The molecule has 0 bridgehead atoms. The van der Waals surface area contributed by atoms with Gasteiger partial charge in [0.2, 0.25) is 0 Å². The zero-order valence-electron chi connectivity index (χ0n) is 18.0. The summed E-state index contributed by atoms with van der Waals surface area (Å²) in [5, 5.41) is 0. The molecule has 3 heteroatoms. The molecule has 0 fully saturated rings. The van der Waals surface area contributed by atoms with Crippen molar-refractivity contribution < 1.29 is 14.0 Å². The van der Waals surface area contributed by atoms with E-state index in [9.17, 15) is 0 Å². The second-order valence-corrected chi connectivity index (χ2v) is 7.46. The van der Waals surface area contributed by atoms with Crippen molar-refractivity contribution in [2.45, 2.75) is 91.9 Å². The Labute approximate surface area is 159 Å². The number of unbranched alkanes of at least 4 members (excludes halogenated alkanes) is 6. The van der Waals surface area contributed by atoms with Crippen LogP contribution in [0, 0.1) is 0 Å². The lowest BCUT2D eigenvalue weighted by atomic mass is 10.1. The van der Waals surface area contributed by atoms with Gasteiger partial charge in [-0.2, -0.15) is 0 Å². The van der Waals surface area contributed by atoms with Crippen molar-refractivity contribution in [1.82, 2.24) is 0 Å². The fraction of sp³-hybridized carbons (Fsp3) is 1.00. The summed E-state index contributed by atoms with van der Waals surface area (Å²) in [6, 6.07) is 0. The van der Waals surface area contributed by atoms with Crippen molar-refractivity contribution in [2.75, 3.05) is 52.6 Å². The zero-order valence-corrected chi connectivity index (χ0v) is 18.0. The third-order valence-corrected chi connectivity index (χ3v) is 5.22. The normalized spacial score (nSPS) is 12.0. The smallest absolute Gasteiger partial charge is 0.0808 e.